The smallest absolute Gasteiger partial charge is 0.259 e. The lowest BCUT2D eigenvalue weighted by Gasteiger charge is -2.04. The molecule has 0 unspecified atom stereocenters. The van der Waals surface area contributed by atoms with E-state index in [1.165, 1.54) is 11.3 Å². The zero-order valence-electron chi connectivity index (χ0n) is 11.7. The SMILES string of the molecule is Nc1ncc2scc(C(=O)Nc3ccc4ncccc4n3)c2n1. The van der Waals surface area contributed by atoms with Crippen LogP contribution in [0.2, 0.25) is 0 Å². The molecule has 3 N–H and O–H groups in total. The molecule has 0 spiro atoms. The largest absolute Gasteiger partial charge is 0.368 e. The number of nitrogens with zero attached hydrogens (tertiary/aromatic N) is 4. The molecule has 112 valence electrons. The molecular formula is C15H10N6OS. The number of rotatable bonds is 2. The Kier molecular flexibility index (Phi) is 3.09. The van der Waals surface area contributed by atoms with Gasteiger partial charge in [0.2, 0.25) is 5.95 Å². The van der Waals surface area contributed by atoms with Crippen molar-refractivity contribution < 1.29 is 4.79 Å². The van der Waals surface area contributed by atoms with Crippen molar-refractivity contribution in [3.8, 4) is 0 Å². The highest BCUT2D eigenvalue weighted by molar-refractivity contribution is 7.17. The van der Waals surface area contributed by atoms with Crippen LogP contribution in [-0.4, -0.2) is 25.8 Å². The average molecular weight is 322 g/mol. The lowest BCUT2D eigenvalue weighted by atomic mass is 10.2. The summed E-state index contributed by atoms with van der Waals surface area (Å²) in [6.45, 7) is 0. The number of aromatic nitrogens is 4. The zero-order valence-corrected chi connectivity index (χ0v) is 12.5. The molecule has 4 heterocycles. The third kappa shape index (κ3) is 2.44. The molecule has 0 aliphatic rings. The van der Waals surface area contributed by atoms with E-state index in [0.29, 0.717) is 22.4 Å². The van der Waals surface area contributed by atoms with E-state index in [9.17, 15) is 4.79 Å². The van der Waals surface area contributed by atoms with Crippen LogP contribution in [0.25, 0.3) is 21.3 Å². The second-order valence-electron chi connectivity index (χ2n) is 4.78. The van der Waals surface area contributed by atoms with E-state index in [4.69, 9.17) is 5.73 Å². The number of hydrogen-bond donors (Lipinski definition) is 2. The maximum absolute atomic E-state index is 12.5. The third-order valence-corrected chi connectivity index (χ3v) is 4.18. The Bertz CT molecular complexity index is 1040. The summed E-state index contributed by atoms with van der Waals surface area (Å²) in [5.74, 6) is 0.307. The number of pyridine rings is 2. The molecule has 0 radical (unpaired) electrons. The van der Waals surface area contributed by atoms with Gasteiger partial charge in [-0.2, -0.15) is 0 Å². The van der Waals surface area contributed by atoms with Crippen LogP contribution in [0.1, 0.15) is 10.4 Å². The first-order valence-electron chi connectivity index (χ1n) is 6.73. The van der Waals surface area contributed by atoms with Crippen LogP contribution in [0.5, 0.6) is 0 Å². The lowest BCUT2D eigenvalue weighted by Crippen LogP contribution is -2.13. The van der Waals surface area contributed by atoms with Crippen LogP contribution in [0.15, 0.2) is 42.0 Å². The lowest BCUT2D eigenvalue weighted by molar-refractivity contribution is 0.102. The summed E-state index contributed by atoms with van der Waals surface area (Å²) in [5, 5.41) is 4.51. The topological polar surface area (TPSA) is 107 Å². The summed E-state index contributed by atoms with van der Waals surface area (Å²) in [4.78, 5) is 29.1. The van der Waals surface area contributed by atoms with Gasteiger partial charge in [0.15, 0.2) is 0 Å². The minimum atomic E-state index is -0.287. The predicted molar refractivity (Wildman–Crippen MR) is 89.3 cm³/mol. The Morgan fingerprint density at radius 1 is 1.13 bits per heavy atom. The van der Waals surface area contributed by atoms with Gasteiger partial charge in [-0.1, -0.05) is 0 Å². The van der Waals surface area contributed by atoms with Gasteiger partial charge in [-0.25, -0.2) is 15.0 Å². The van der Waals surface area contributed by atoms with Gasteiger partial charge in [-0.05, 0) is 24.3 Å². The Morgan fingerprint density at radius 2 is 2.04 bits per heavy atom. The number of fused-ring (bicyclic) bond motifs is 2. The van der Waals surface area contributed by atoms with Crippen molar-refractivity contribution in [2.24, 2.45) is 0 Å². The number of nitrogens with two attached hydrogens (primary N) is 1. The summed E-state index contributed by atoms with van der Waals surface area (Å²) in [5.41, 5.74) is 8.08. The van der Waals surface area contributed by atoms with Gasteiger partial charge in [0.1, 0.15) is 5.82 Å². The third-order valence-electron chi connectivity index (χ3n) is 3.28. The molecule has 1 amide bonds. The maximum atomic E-state index is 12.5. The Hall–Kier alpha value is -3.13. The molecule has 4 aromatic heterocycles. The highest BCUT2D eigenvalue weighted by Gasteiger charge is 2.15. The number of amides is 1. The fraction of sp³-hybridized carbons (Fsp3) is 0. The molecule has 4 aromatic rings. The number of nitrogens with one attached hydrogen (secondary N) is 1. The van der Waals surface area contributed by atoms with Gasteiger partial charge in [-0.3, -0.25) is 9.78 Å². The maximum Gasteiger partial charge on any atom is 0.259 e. The zero-order chi connectivity index (χ0) is 15.8. The molecule has 0 saturated carbocycles. The summed E-state index contributed by atoms with van der Waals surface area (Å²) in [6, 6.07) is 7.16. The van der Waals surface area contributed by atoms with E-state index in [1.807, 2.05) is 12.1 Å². The average Bonchev–Trinajstić information content (AvgIpc) is 2.98. The first-order chi connectivity index (χ1) is 11.2. The Balaban J connectivity index is 1.69. The van der Waals surface area contributed by atoms with E-state index in [1.54, 1.807) is 29.9 Å². The molecule has 0 aliphatic carbocycles. The number of carbonyl (C=O) groups excluding carboxylic acids is 1. The molecule has 0 aromatic carbocycles. The van der Waals surface area contributed by atoms with Gasteiger partial charge in [0.05, 0.1) is 33.0 Å². The number of nitrogen functional groups attached to an aromatic ring is 1. The van der Waals surface area contributed by atoms with E-state index >= 15 is 0 Å². The van der Waals surface area contributed by atoms with Crippen LogP contribution in [0, 0.1) is 0 Å². The van der Waals surface area contributed by atoms with Crippen molar-refractivity contribution >= 4 is 50.3 Å². The van der Waals surface area contributed by atoms with Gasteiger partial charge >= 0.3 is 0 Å². The summed E-state index contributed by atoms with van der Waals surface area (Å²) in [7, 11) is 0. The van der Waals surface area contributed by atoms with Crippen LogP contribution in [0.4, 0.5) is 11.8 Å². The number of carbonyl (C=O) groups is 1. The van der Waals surface area contributed by atoms with E-state index in [-0.39, 0.29) is 11.9 Å². The molecule has 0 bridgehead atoms. The van der Waals surface area contributed by atoms with Crippen LogP contribution in [-0.2, 0) is 0 Å². The monoisotopic (exact) mass is 322 g/mol. The fourth-order valence-corrected chi connectivity index (χ4v) is 3.06. The second kappa shape index (κ2) is 5.25. The van der Waals surface area contributed by atoms with Gasteiger partial charge in [0, 0.05) is 11.6 Å². The molecule has 8 heteroatoms. The number of thiophene rings is 1. The van der Waals surface area contributed by atoms with E-state index in [0.717, 1.165) is 10.2 Å². The van der Waals surface area contributed by atoms with Crippen molar-refractivity contribution in [3.05, 3.63) is 47.6 Å². The number of anilines is 2. The summed E-state index contributed by atoms with van der Waals surface area (Å²) >= 11 is 1.39. The van der Waals surface area contributed by atoms with Gasteiger partial charge in [-0.15, -0.1) is 11.3 Å². The molecule has 0 atom stereocenters. The van der Waals surface area contributed by atoms with Crippen LogP contribution in [0.3, 0.4) is 0 Å². The predicted octanol–water partition coefficient (Wildman–Crippen LogP) is 2.47. The van der Waals surface area contributed by atoms with Crippen molar-refractivity contribution in [2.45, 2.75) is 0 Å². The van der Waals surface area contributed by atoms with Crippen molar-refractivity contribution in [1.29, 1.82) is 0 Å². The molecule has 23 heavy (non-hydrogen) atoms. The van der Waals surface area contributed by atoms with E-state index < -0.39 is 0 Å². The minimum absolute atomic E-state index is 0.139. The molecule has 0 aliphatic heterocycles. The first-order valence-corrected chi connectivity index (χ1v) is 7.61. The van der Waals surface area contributed by atoms with Crippen molar-refractivity contribution in [1.82, 2.24) is 19.9 Å². The molecule has 7 nitrogen and oxygen atoms in total. The highest BCUT2D eigenvalue weighted by atomic mass is 32.1. The standard InChI is InChI=1S/C15H10N6OS/c16-15-18-6-11-13(21-15)8(7-23-11)14(22)20-12-4-3-9-10(19-12)2-1-5-17-9/h1-7H,(H2,16,18,21)(H,19,20,22). The first kappa shape index (κ1) is 13.5. The normalized spacial score (nSPS) is 11.0. The van der Waals surface area contributed by atoms with Crippen molar-refractivity contribution in [2.75, 3.05) is 11.1 Å². The van der Waals surface area contributed by atoms with Crippen molar-refractivity contribution in [3.63, 3.8) is 0 Å². The quantitative estimate of drug-likeness (QED) is 0.587. The molecule has 4 rings (SSSR count). The second-order valence-corrected chi connectivity index (χ2v) is 5.69. The van der Waals surface area contributed by atoms with Gasteiger partial charge in [0.25, 0.3) is 5.91 Å². The highest BCUT2D eigenvalue weighted by Crippen LogP contribution is 2.25. The minimum Gasteiger partial charge on any atom is -0.368 e. The number of hydrogen-bond acceptors (Lipinski definition) is 7. The summed E-state index contributed by atoms with van der Waals surface area (Å²) in [6.07, 6.45) is 3.31. The van der Waals surface area contributed by atoms with Crippen LogP contribution >= 0.6 is 11.3 Å². The molecule has 0 saturated heterocycles. The molecule has 0 fully saturated rings. The Labute approximate surface area is 134 Å². The van der Waals surface area contributed by atoms with E-state index in [2.05, 4.69) is 25.3 Å². The summed E-state index contributed by atoms with van der Waals surface area (Å²) < 4.78 is 0.806. The molecular weight excluding hydrogens is 312 g/mol. The fourth-order valence-electron chi connectivity index (χ4n) is 2.21. The Morgan fingerprint density at radius 3 is 2.96 bits per heavy atom. The van der Waals surface area contributed by atoms with Crippen LogP contribution < -0.4 is 11.1 Å². The van der Waals surface area contributed by atoms with Gasteiger partial charge < -0.3 is 11.1 Å².